The second-order valence-corrected chi connectivity index (χ2v) is 6.27. The second-order valence-electron chi connectivity index (χ2n) is 6.27. The van der Waals surface area contributed by atoms with Gasteiger partial charge in [0, 0.05) is 0 Å². The van der Waals surface area contributed by atoms with E-state index in [1.807, 2.05) is 0 Å². The van der Waals surface area contributed by atoms with Crippen molar-refractivity contribution >= 4 is 5.97 Å². The molecule has 0 aromatic heterocycles. The summed E-state index contributed by atoms with van der Waals surface area (Å²) in [6, 6.07) is 0. The highest BCUT2D eigenvalue weighted by Crippen LogP contribution is 2.54. The Morgan fingerprint density at radius 3 is 2.37 bits per heavy atom. The largest absolute Gasteiger partial charge is 0.449 e. The minimum absolute atomic E-state index is 0.227. The summed E-state index contributed by atoms with van der Waals surface area (Å²) in [6.07, 6.45) is 4.12. The number of carbonyl (C=O) groups is 1. The van der Waals surface area contributed by atoms with Gasteiger partial charge in [-0.1, -0.05) is 6.42 Å². The van der Waals surface area contributed by atoms with Crippen molar-refractivity contribution in [2.45, 2.75) is 69.9 Å². The van der Waals surface area contributed by atoms with Gasteiger partial charge in [-0.3, -0.25) is 0 Å². The van der Waals surface area contributed by atoms with Crippen molar-refractivity contribution in [2.75, 3.05) is 0 Å². The number of rotatable bonds is 0. The lowest BCUT2D eigenvalue weighted by Gasteiger charge is -2.44. The van der Waals surface area contributed by atoms with E-state index >= 15 is 0 Å². The van der Waals surface area contributed by atoms with Gasteiger partial charge in [0.2, 0.25) is 0 Å². The number of hydrogen-bond donors (Lipinski definition) is 1. The molecule has 0 bridgehead atoms. The van der Waals surface area contributed by atoms with Gasteiger partial charge in [0.1, 0.15) is 11.2 Å². The summed E-state index contributed by atoms with van der Waals surface area (Å²) in [5, 5.41) is 10.9. The first-order chi connectivity index (χ1) is 8.82. The molecule has 0 radical (unpaired) electrons. The van der Waals surface area contributed by atoms with E-state index in [2.05, 4.69) is 0 Å². The molecule has 1 spiro atoms. The van der Waals surface area contributed by atoms with E-state index in [1.165, 1.54) is 0 Å². The predicted molar refractivity (Wildman–Crippen MR) is 65.8 cm³/mol. The molecule has 2 fully saturated rings. The van der Waals surface area contributed by atoms with E-state index in [9.17, 15) is 9.90 Å². The molecule has 0 aromatic carbocycles. The number of carbonyl (C=O) groups excluding carboxylic acids is 1. The van der Waals surface area contributed by atoms with Crippen LogP contribution in [0.1, 0.15) is 52.9 Å². The van der Waals surface area contributed by atoms with Crippen molar-refractivity contribution in [3.63, 3.8) is 0 Å². The van der Waals surface area contributed by atoms with Gasteiger partial charge >= 0.3 is 5.97 Å². The van der Waals surface area contributed by atoms with Crippen molar-refractivity contribution in [2.24, 2.45) is 0 Å². The fraction of sp³-hybridized carbons (Fsp3) is 0.786. The van der Waals surface area contributed by atoms with E-state index in [4.69, 9.17) is 14.5 Å². The lowest BCUT2D eigenvalue weighted by molar-refractivity contribution is -0.468. The highest BCUT2D eigenvalue weighted by molar-refractivity contribution is 5.95. The number of aliphatic hydroxyl groups is 1. The van der Waals surface area contributed by atoms with Crippen LogP contribution in [0.5, 0.6) is 0 Å². The summed E-state index contributed by atoms with van der Waals surface area (Å²) < 4.78 is 5.55. The molecule has 1 unspecified atom stereocenters. The van der Waals surface area contributed by atoms with Crippen molar-refractivity contribution in [3.05, 3.63) is 11.1 Å². The van der Waals surface area contributed by atoms with E-state index in [0.717, 1.165) is 19.3 Å². The highest BCUT2D eigenvalue weighted by Gasteiger charge is 2.68. The maximum absolute atomic E-state index is 12.2. The van der Waals surface area contributed by atoms with Crippen molar-refractivity contribution in [3.8, 4) is 0 Å². The summed E-state index contributed by atoms with van der Waals surface area (Å²) in [5.41, 5.74) is -0.810. The molecule has 2 aliphatic heterocycles. The molecule has 106 valence electrons. The van der Waals surface area contributed by atoms with Gasteiger partial charge in [-0.15, -0.1) is 0 Å². The standard InChI is InChI=1S/C14H20O5/c1-9-10-11(15)17-13(7-5-4-6-8-13)14(10,16)19-18-12(9,2)3/h16H,4-8H2,1-3H3. The normalized spacial score (nSPS) is 36.3. The molecule has 5 heteroatoms. The van der Waals surface area contributed by atoms with Gasteiger partial charge in [-0.25, -0.2) is 9.68 Å². The van der Waals surface area contributed by atoms with Gasteiger partial charge in [0.25, 0.3) is 5.79 Å². The molecule has 1 saturated carbocycles. The van der Waals surface area contributed by atoms with E-state index in [-0.39, 0.29) is 5.57 Å². The molecule has 0 amide bonds. The van der Waals surface area contributed by atoms with Gasteiger partial charge in [0.05, 0.1) is 0 Å². The minimum atomic E-state index is -1.76. The molecule has 1 aliphatic carbocycles. The van der Waals surface area contributed by atoms with Crippen LogP contribution in [0.3, 0.4) is 0 Å². The molecular weight excluding hydrogens is 248 g/mol. The minimum Gasteiger partial charge on any atom is -0.449 e. The SMILES string of the molecule is CC1=C2C(=O)OC3(CCCCC3)C2(O)OOC1(C)C. The van der Waals surface area contributed by atoms with Crippen molar-refractivity contribution < 1.29 is 24.4 Å². The Kier molecular flexibility index (Phi) is 2.62. The third-order valence-electron chi connectivity index (χ3n) is 4.76. The van der Waals surface area contributed by atoms with Crippen LogP contribution in [0.15, 0.2) is 11.1 Å². The molecule has 1 saturated heterocycles. The van der Waals surface area contributed by atoms with Gasteiger partial charge < -0.3 is 9.84 Å². The molecule has 19 heavy (non-hydrogen) atoms. The molecular formula is C14H20O5. The lowest BCUT2D eigenvalue weighted by atomic mass is 9.75. The molecule has 3 rings (SSSR count). The zero-order valence-electron chi connectivity index (χ0n) is 11.6. The van der Waals surface area contributed by atoms with E-state index in [0.29, 0.717) is 18.4 Å². The maximum atomic E-state index is 12.2. The molecule has 0 aromatic rings. The van der Waals surface area contributed by atoms with Gasteiger partial charge in [0.15, 0.2) is 5.60 Å². The third-order valence-corrected chi connectivity index (χ3v) is 4.76. The molecule has 1 N–H and O–H groups in total. The van der Waals surface area contributed by atoms with Crippen molar-refractivity contribution in [1.29, 1.82) is 0 Å². The van der Waals surface area contributed by atoms with E-state index < -0.39 is 23.0 Å². The number of fused-ring (bicyclic) bond motifs is 2. The smallest absolute Gasteiger partial charge is 0.340 e. The predicted octanol–water partition coefficient (Wildman–Crippen LogP) is 1.99. The monoisotopic (exact) mass is 268 g/mol. The summed E-state index contributed by atoms with van der Waals surface area (Å²) in [5.74, 6) is -2.23. The Labute approximate surface area is 112 Å². The zero-order valence-corrected chi connectivity index (χ0v) is 11.6. The van der Waals surface area contributed by atoms with Crippen LogP contribution in [0, 0.1) is 0 Å². The fourth-order valence-electron chi connectivity index (χ4n) is 3.28. The van der Waals surface area contributed by atoms with Crippen molar-refractivity contribution in [1.82, 2.24) is 0 Å². The molecule has 2 heterocycles. The van der Waals surface area contributed by atoms with Crippen LogP contribution in [0.4, 0.5) is 0 Å². The maximum Gasteiger partial charge on any atom is 0.340 e. The molecule has 3 aliphatic rings. The quantitative estimate of drug-likeness (QED) is 0.537. The van der Waals surface area contributed by atoms with Gasteiger partial charge in [-0.05, 0) is 52.0 Å². The van der Waals surface area contributed by atoms with Crippen LogP contribution < -0.4 is 0 Å². The Bertz CT molecular complexity index is 458. The van der Waals surface area contributed by atoms with Crippen LogP contribution in [-0.2, 0) is 19.3 Å². The first-order valence-corrected chi connectivity index (χ1v) is 6.87. The average Bonchev–Trinajstić information content (AvgIpc) is 2.56. The summed E-state index contributed by atoms with van der Waals surface area (Å²) in [7, 11) is 0. The first kappa shape index (κ1) is 13.1. The summed E-state index contributed by atoms with van der Waals surface area (Å²) in [6.45, 7) is 5.38. The molecule has 5 nitrogen and oxygen atoms in total. The fourth-order valence-corrected chi connectivity index (χ4v) is 3.28. The Balaban J connectivity index is 2.13. The Morgan fingerprint density at radius 1 is 1.11 bits per heavy atom. The third kappa shape index (κ3) is 1.55. The highest BCUT2D eigenvalue weighted by atomic mass is 17.2. The number of ether oxygens (including phenoxy) is 1. The summed E-state index contributed by atoms with van der Waals surface area (Å²) >= 11 is 0. The van der Waals surface area contributed by atoms with Gasteiger partial charge in [-0.2, -0.15) is 4.89 Å². The number of hydrogen-bond acceptors (Lipinski definition) is 5. The van der Waals surface area contributed by atoms with Crippen LogP contribution in [-0.4, -0.2) is 28.1 Å². The van der Waals surface area contributed by atoms with Crippen LogP contribution in [0.2, 0.25) is 0 Å². The van der Waals surface area contributed by atoms with Crippen LogP contribution in [0.25, 0.3) is 0 Å². The average molecular weight is 268 g/mol. The summed E-state index contributed by atoms with van der Waals surface area (Å²) in [4.78, 5) is 22.8. The molecule has 1 atom stereocenters. The zero-order chi connectivity index (χ0) is 13.9. The lowest BCUT2D eigenvalue weighted by Crippen LogP contribution is -2.58. The van der Waals surface area contributed by atoms with Crippen LogP contribution >= 0.6 is 0 Å². The Hall–Kier alpha value is -0.910. The second kappa shape index (κ2) is 3.81. The first-order valence-electron chi connectivity index (χ1n) is 6.87. The topological polar surface area (TPSA) is 65.0 Å². The Morgan fingerprint density at radius 2 is 1.74 bits per heavy atom. The van der Waals surface area contributed by atoms with E-state index in [1.54, 1.807) is 20.8 Å². The number of esters is 1.